The van der Waals surface area contributed by atoms with Crippen LogP contribution in [0.5, 0.6) is 0 Å². The summed E-state index contributed by atoms with van der Waals surface area (Å²) in [5.41, 5.74) is 5.74. The van der Waals surface area contributed by atoms with Gasteiger partial charge in [-0.25, -0.2) is 13.2 Å². The van der Waals surface area contributed by atoms with Gasteiger partial charge < -0.3 is 19.6 Å². The summed E-state index contributed by atoms with van der Waals surface area (Å²) in [6.07, 6.45) is 7.43. The van der Waals surface area contributed by atoms with Gasteiger partial charge in [-0.2, -0.15) is 0 Å². The zero-order valence-electron chi connectivity index (χ0n) is 33.4. The number of halogens is 3. The fourth-order valence-corrected chi connectivity index (χ4v) is 5.98. The van der Waals surface area contributed by atoms with Crippen molar-refractivity contribution >= 4 is 0 Å². The summed E-state index contributed by atoms with van der Waals surface area (Å²) >= 11 is 0. The van der Waals surface area contributed by atoms with E-state index in [-0.39, 0.29) is 23.9 Å². The van der Waals surface area contributed by atoms with E-state index >= 15 is 0 Å². The quantitative estimate of drug-likeness (QED) is 0.253. The molecule has 0 spiro atoms. The van der Waals surface area contributed by atoms with Crippen LogP contribution in [0.25, 0.3) is 0 Å². The van der Waals surface area contributed by atoms with Crippen LogP contribution in [0.4, 0.5) is 13.2 Å². The Morgan fingerprint density at radius 3 is 1.00 bits per heavy atom. The molecule has 280 valence electrons. The van der Waals surface area contributed by atoms with Crippen molar-refractivity contribution in [3.63, 3.8) is 0 Å². The summed E-state index contributed by atoms with van der Waals surface area (Å²) in [5.74, 6) is -2.49. The Bertz CT molecular complexity index is 1030. The average molecular weight is 681 g/mol. The first-order chi connectivity index (χ1) is 21.6. The minimum atomic E-state index is -2.49. The minimum Gasteiger partial charge on any atom is -0.375 e. The van der Waals surface area contributed by atoms with Gasteiger partial charge in [0, 0.05) is 49.0 Å². The Kier molecular flexibility index (Phi) is 16.3. The molecule has 4 rings (SSSR count). The van der Waals surface area contributed by atoms with E-state index < -0.39 is 12.1 Å². The maximum atomic E-state index is 12.5. The maximum Gasteiger partial charge on any atom is 0.282 e. The Labute approximate surface area is 295 Å². The van der Waals surface area contributed by atoms with Crippen molar-refractivity contribution in [1.82, 2.24) is 19.6 Å². The molecule has 0 aliphatic carbocycles. The fourth-order valence-electron chi connectivity index (χ4n) is 5.98. The van der Waals surface area contributed by atoms with Gasteiger partial charge in [0.1, 0.15) is 6.17 Å². The van der Waals surface area contributed by atoms with E-state index in [0.29, 0.717) is 23.9 Å². The van der Waals surface area contributed by atoms with Crippen LogP contribution in [-0.2, 0) is 0 Å². The van der Waals surface area contributed by atoms with Crippen molar-refractivity contribution in [3.05, 3.63) is 49.1 Å². The van der Waals surface area contributed by atoms with E-state index in [9.17, 15) is 13.2 Å². The molecule has 4 heterocycles. The van der Waals surface area contributed by atoms with Gasteiger partial charge in [-0.05, 0) is 66.6 Å². The topological polar surface area (TPSA) is 13.0 Å². The van der Waals surface area contributed by atoms with Crippen molar-refractivity contribution in [2.75, 3.05) is 52.4 Å². The number of rotatable bonds is 8. The van der Waals surface area contributed by atoms with Crippen molar-refractivity contribution in [3.8, 4) is 0 Å². The first-order valence-electron chi connectivity index (χ1n) is 18.3. The molecular weight excluding hydrogens is 605 g/mol. The van der Waals surface area contributed by atoms with Gasteiger partial charge in [-0.15, -0.1) is 0 Å². The molecule has 0 bridgehead atoms. The lowest BCUT2D eigenvalue weighted by Crippen LogP contribution is -2.55. The molecule has 0 saturated carbocycles. The summed E-state index contributed by atoms with van der Waals surface area (Å²) in [5, 5.41) is 0. The number of hydrogen-bond donors (Lipinski definition) is 0. The van der Waals surface area contributed by atoms with Crippen molar-refractivity contribution in [2.45, 2.75) is 140 Å². The summed E-state index contributed by atoms with van der Waals surface area (Å²) in [6, 6.07) is 0. The highest BCUT2D eigenvalue weighted by Crippen LogP contribution is 2.34. The summed E-state index contributed by atoms with van der Waals surface area (Å²) in [7, 11) is 0. The summed E-state index contributed by atoms with van der Waals surface area (Å²) in [6.45, 7) is 48.1. The Morgan fingerprint density at radius 1 is 0.500 bits per heavy atom. The van der Waals surface area contributed by atoms with E-state index in [1.54, 1.807) is 4.90 Å². The number of nitrogens with zero attached hydrogens (tertiary/aromatic N) is 4. The Morgan fingerprint density at radius 2 is 0.771 bits per heavy atom. The zero-order valence-corrected chi connectivity index (χ0v) is 33.4. The molecule has 4 fully saturated rings. The smallest absolute Gasteiger partial charge is 0.282 e. The standard InChI is InChI=1S/C11H21N.C10H17F2N.C10H18FN.C10H19N/c1-10(9-11(2,3)4)12-7-5-6-8-12;1-8(5-9(2,3)4)13-6-10(11,12)7-13;1-8(5-10(2,3)4)12-6-9(11)7-12;1-9(8-10(2,3)4)11-6-5-7-11/h1,5-9H2,2-4H3;1,5-7H2,2-4H3;9H,1,5-7H2,2-4H3;1,5-8H2,2-4H3. The van der Waals surface area contributed by atoms with Gasteiger partial charge >= 0.3 is 0 Å². The van der Waals surface area contributed by atoms with Crippen LogP contribution in [0, 0.1) is 21.7 Å². The molecule has 7 heteroatoms. The van der Waals surface area contributed by atoms with Crippen LogP contribution in [0.2, 0.25) is 0 Å². The van der Waals surface area contributed by atoms with Crippen LogP contribution in [0.15, 0.2) is 49.1 Å². The summed E-state index contributed by atoms with van der Waals surface area (Å²) < 4.78 is 37.5. The van der Waals surface area contributed by atoms with E-state index in [0.717, 1.165) is 37.1 Å². The molecule has 4 saturated heterocycles. The van der Waals surface area contributed by atoms with Gasteiger partial charge in [0.2, 0.25) is 0 Å². The van der Waals surface area contributed by atoms with Gasteiger partial charge in [-0.1, -0.05) is 109 Å². The molecule has 0 aromatic rings. The second-order valence-corrected chi connectivity index (χ2v) is 19.5. The number of hydrogen-bond acceptors (Lipinski definition) is 4. The van der Waals surface area contributed by atoms with Crippen molar-refractivity contribution in [2.24, 2.45) is 21.7 Å². The molecule has 0 N–H and O–H groups in total. The molecule has 0 atom stereocenters. The maximum absolute atomic E-state index is 12.5. The highest BCUT2D eigenvalue weighted by molar-refractivity contribution is 5.06. The zero-order chi connectivity index (χ0) is 37.3. The van der Waals surface area contributed by atoms with E-state index in [1.165, 1.54) is 56.8 Å². The molecule has 0 radical (unpaired) electrons. The highest BCUT2D eigenvalue weighted by atomic mass is 19.3. The summed E-state index contributed by atoms with van der Waals surface area (Å²) in [4.78, 5) is 8.50. The highest BCUT2D eigenvalue weighted by Gasteiger charge is 2.44. The number of likely N-dealkylation sites (tertiary alicyclic amines) is 4. The molecule has 0 aromatic carbocycles. The lowest BCUT2D eigenvalue weighted by Gasteiger charge is -2.42. The third-order valence-electron chi connectivity index (χ3n) is 8.37. The molecule has 4 aliphatic heterocycles. The molecule has 4 aliphatic rings. The SMILES string of the molecule is C=C(CC(C)(C)C)N1CC(F)(F)C1.C=C(CC(C)(C)C)N1CC(F)C1.C=C(CC(C)(C)C)N1CCC1.C=C(CC(C)(C)C)N1CCCC1. The molecule has 0 aromatic heterocycles. The van der Waals surface area contributed by atoms with Crippen molar-refractivity contribution in [1.29, 1.82) is 0 Å². The largest absolute Gasteiger partial charge is 0.375 e. The first kappa shape index (κ1) is 44.0. The third kappa shape index (κ3) is 19.2. The molecule has 4 nitrogen and oxygen atoms in total. The third-order valence-corrected chi connectivity index (χ3v) is 8.37. The van der Waals surface area contributed by atoms with E-state index in [1.807, 2.05) is 4.90 Å². The lowest BCUT2D eigenvalue weighted by molar-refractivity contribution is -0.118. The van der Waals surface area contributed by atoms with Crippen LogP contribution in [-0.4, -0.2) is 84.1 Å². The molecule has 48 heavy (non-hydrogen) atoms. The first-order valence-corrected chi connectivity index (χ1v) is 18.3. The molecule has 0 unspecified atom stereocenters. The van der Waals surface area contributed by atoms with E-state index in [2.05, 4.69) is 119 Å². The van der Waals surface area contributed by atoms with Crippen molar-refractivity contribution < 1.29 is 13.2 Å². The molecule has 0 amide bonds. The van der Waals surface area contributed by atoms with Gasteiger partial charge in [-0.3, -0.25) is 0 Å². The lowest BCUT2D eigenvalue weighted by atomic mass is 9.89. The minimum absolute atomic E-state index is 0.127. The van der Waals surface area contributed by atoms with Crippen LogP contribution in [0.3, 0.4) is 0 Å². The number of allylic oxidation sites excluding steroid dienone is 4. The predicted octanol–water partition coefficient (Wildman–Crippen LogP) is 11.2. The monoisotopic (exact) mass is 681 g/mol. The molecular formula is C41H75F3N4. The average Bonchev–Trinajstić information content (AvgIpc) is 3.31. The van der Waals surface area contributed by atoms with Crippen LogP contribution >= 0.6 is 0 Å². The second-order valence-electron chi connectivity index (χ2n) is 19.5. The normalized spacial score (nSPS) is 19.2. The van der Waals surface area contributed by atoms with Gasteiger partial charge in [0.25, 0.3) is 5.92 Å². The van der Waals surface area contributed by atoms with Gasteiger partial charge in [0.15, 0.2) is 0 Å². The predicted molar refractivity (Wildman–Crippen MR) is 203 cm³/mol. The van der Waals surface area contributed by atoms with Crippen LogP contribution < -0.4 is 0 Å². The van der Waals surface area contributed by atoms with E-state index in [4.69, 9.17) is 0 Å². The number of alkyl halides is 3. The Balaban J connectivity index is 0.000000320. The second kappa shape index (κ2) is 17.7. The Hall–Kier alpha value is -2.05. The van der Waals surface area contributed by atoms with Crippen LogP contribution in [0.1, 0.15) is 128 Å². The fraction of sp³-hybridized carbons (Fsp3) is 0.805. The van der Waals surface area contributed by atoms with Gasteiger partial charge in [0.05, 0.1) is 26.2 Å².